The van der Waals surface area contributed by atoms with Crippen LogP contribution in [0.5, 0.6) is 0 Å². The summed E-state index contributed by atoms with van der Waals surface area (Å²) in [5.41, 5.74) is 2.92. The van der Waals surface area contributed by atoms with Crippen LogP contribution in [0.4, 0.5) is 0 Å². The van der Waals surface area contributed by atoms with Gasteiger partial charge in [-0.2, -0.15) is 0 Å². The first-order valence-corrected chi connectivity index (χ1v) is 10.4. The number of fused-ring (bicyclic) bond motifs is 3. The highest BCUT2D eigenvalue weighted by Crippen LogP contribution is 2.27. The molecular weight excluding hydrogens is 338 g/mol. The Kier molecular flexibility index (Phi) is 4.40. The minimum Gasteiger partial charge on any atom is -0.336 e. The highest BCUT2D eigenvalue weighted by Gasteiger charge is 2.27. The van der Waals surface area contributed by atoms with Crippen molar-refractivity contribution in [3.8, 4) is 0 Å². The van der Waals surface area contributed by atoms with Gasteiger partial charge >= 0.3 is 0 Å². The normalized spacial score (nSPS) is 22.5. The largest absolute Gasteiger partial charge is 0.336 e. The van der Waals surface area contributed by atoms with Crippen molar-refractivity contribution in [2.24, 2.45) is 0 Å². The van der Waals surface area contributed by atoms with E-state index in [-0.39, 0.29) is 5.91 Å². The lowest BCUT2D eigenvalue weighted by molar-refractivity contribution is 0.0664. The highest BCUT2D eigenvalue weighted by molar-refractivity contribution is 5.97. The van der Waals surface area contributed by atoms with Gasteiger partial charge in [-0.15, -0.1) is 0 Å². The van der Waals surface area contributed by atoms with Crippen molar-refractivity contribution in [1.29, 1.82) is 0 Å². The van der Waals surface area contributed by atoms with Crippen LogP contribution in [0.25, 0.3) is 11.0 Å². The number of carbonyl (C=O) groups is 1. The van der Waals surface area contributed by atoms with Crippen molar-refractivity contribution in [2.45, 2.75) is 38.3 Å². The second-order valence-electron chi connectivity index (χ2n) is 8.35. The SMILES string of the molecule is CN1CCN(C(=O)c2ccc3c(c2)nc2n3CCN(C3CCC3)CC2)CC1. The Morgan fingerprint density at radius 2 is 1.85 bits per heavy atom. The van der Waals surface area contributed by atoms with Crippen LogP contribution in [0.15, 0.2) is 18.2 Å². The van der Waals surface area contributed by atoms with Crippen LogP contribution in [0, 0.1) is 0 Å². The summed E-state index contributed by atoms with van der Waals surface area (Å²) in [5, 5.41) is 0. The summed E-state index contributed by atoms with van der Waals surface area (Å²) in [7, 11) is 2.11. The van der Waals surface area contributed by atoms with Gasteiger partial charge in [0.2, 0.25) is 0 Å². The molecule has 1 saturated heterocycles. The zero-order valence-electron chi connectivity index (χ0n) is 16.2. The summed E-state index contributed by atoms with van der Waals surface area (Å²) < 4.78 is 2.37. The highest BCUT2D eigenvalue weighted by atomic mass is 16.2. The molecule has 2 aliphatic heterocycles. The van der Waals surface area contributed by atoms with Crippen molar-refractivity contribution >= 4 is 16.9 Å². The van der Waals surface area contributed by atoms with Crippen molar-refractivity contribution in [3.05, 3.63) is 29.6 Å². The van der Waals surface area contributed by atoms with E-state index in [4.69, 9.17) is 4.98 Å². The first-order valence-electron chi connectivity index (χ1n) is 10.4. The number of hydrogen-bond acceptors (Lipinski definition) is 4. The average molecular weight is 367 g/mol. The van der Waals surface area contributed by atoms with Gasteiger partial charge in [-0.1, -0.05) is 6.42 Å². The lowest BCUT2D eigenvalue weighted by atomic mass is 9.91. The molecule has 0 unspecified atom stereocenters. The van der Waals surface area contributed by atoms with Gasteiger partial charge in [-0.3, -0.25) is 9.69 Å². The number of aromatic nitrogens is 2. The fourth-order valence-corrected chi connectivity index (χ4v) is 4.65. The van der Waals surface area contributed by atoms with Gasteiger partial charge in [0.25, 0.3) is 5.91 Å². The number of rotatable bonds is 2. The number of hydrogen-bond donors (Lipinski definition) is 0. The predicted octanol–water partition coefficient (Wildman–Crippen LogP) is 1.83. The molecule has 0 spiro atoms. The molecule has 1 amide bonds. The summed E-state index contributed by atoms with van der Waals surface area (Å²) in [6.07, 6.45) is 5.12. The maximum absolute atomic E-state index is 12.9. The van der Waals surface area contributed by atoms with Crippen LogP contribution in [0.2, 0.25) is 0 Å². The van der Waals surface area contributed by atoms with Gasteiger partial charge < -0.3 is 14.4 Å². The van der Waals surface area contributed by atoms with Crippen LogP contribution < -0.4 is 0 Å². The summed E-state index contributed by atoms with van der Waals surface area (Å²) in [5.74, 6) is 1.32. The Labute approximate surface area is 160 Å². The summed E-state index contributed by atoms with van der Waals surface area (Å²) >= 11 is 0. The molecule has 1 aromatic carbocycles. The van der Waals surface area contributed by atoms with Crippen LogP contribution >= 0.6 is 0 Å². The van der Waals surface area contributed by atoms with Crippen molar-refractivity contribution < 1.29 is 4.79 Å². The molecule has 0 bridgehead atoms. The number of amides is 1. The Morgan fingerprint density at radius 3 is 2.59 bits per heavy atom. The number of carbonyl (C=O) groups excluding carboxylic acids is 1. The minimum absolute atomic E-state index is 0.143. The lowest BCUT2D eigenvalue weighted by Crippen LogP contribution is -2.47. The quantitative estimate of drug-likeness (QED) is 0.812. The minimum atomic E-state index is 0.143. The fraction of sp³-hybridized carbons (Fsp3) is 0.619. The first kappa shape index (κ1) is 17.2. The molecule has 1 aliphatic carbocycles. The van der Waals surface area contributed by atoms with E-state index in [9.17, 15) is 4.79 Å². The standard InChI is InChI=1S/C21H29N5O/c1-23-9-11-25(12-10-23)21(27)16-5-6-19-18(15-16)22-20-7-8-24(13-14-26(19)20)17-3-2-4-17/h5-6,15,17H,2-4,7-14H2,1H3. The second kappa shape index (κ2) is 6.91. The maximum Gasteiger partial charge on any atom is 0.254 e. The first-order chi connectivity index (χ1) is 13.2. The zero-order chi connectivity index (χ0) is 18.4. The van der Waals surface area contributed by atoms with E-state index in [0.29, 0.717) is 0 Å². The Bertz CT molecular complexity index is 848. The second-order valence-corrected chi connectivity index (χ2v) is 8.35. The molecule has 2 fully saturated rings. The molecule has 6 nitrogen and oxygen atoms in total. The Morgan fingerprint density at radius 1 is 1.04 bits per heavy atom. The summed E-state index contributed by atoms with van der Waals surface area (Å²) in [6.45, 7) is 6.75. The monoisotopic (exact) mass is 367 g/mol. The van der Waals surface area contributed by atoms with Gasteiger partial charge in [0, 0.05) is 63.8 Å². The summed E-state index contributed by atoms with van der Waals surface area (Å²) in [6, 6.07) is 6.90. The molecule has 5 rings (SSSR count). The van der Waals surface area contributed by atoms with E-state index in [1.54, 1.807) is 0 Å². The molecule has 0 atom stereocenters. The Hall–Kier alpha value is -1.92. The van der Waals surface area contributed by atoms with Crippen molar-refractivity contribution in [3.63, 3.8) is 0 Å². The van der Waals surface area contributed by atoms with Crippen LogP contribution in [-0.4, -0.2) is 82.5 Å². The zero-order valence-corrected chi connectivity index (χ0v) is 16.2. The van der Waals surface area contributed by atoms with Gasteiger partial charge in [0.1, 0.15) is 5.82 Å². The van der Waals surface area contributed by atoms with Gasteiger partial charge in [0.05, 0.1) is 11.0 Å². The summed E-state index contributed by atoms with van der Waals surface area (Å²) in [4.78, 5) is 24.7. The third-order valence-electron chi connectivity index (χ3n) is 6.69. The number of likely N-dealkylation sites (N-methyl/N-ethyl adjacent to an activating group) is 1. The van der Waals surface area contributed by atoms with Crippen LogP contribution in [0.1, 0.15) is 35.4 Å². The fourth-order valence-electron chi connectivity index (χ4n) is 4.65. The maximum atomic E-state index is 12.9. The van der Waals surface area contributed by atoms with E-state index < -0.39 is 0 Å². The number of imidazole rings is 1. The van der Waals surface area contributed by atoms with E-state index in [1.807, 2.05) is 17.0 Å². The van der Waals surface area contributed by atoms with E-state index in [2.05, 4.69) is 27.5 Å². The molecule has 3 heterocycles. The molecule has 3 aliphatic rings. The van der Waals surface area contributed by atoms with Crippen molar-refractivity contribution in [1.82, 2.24) is 24.3 Å². The smallest absolute Gasteiger partial charge is 0.254 e. The van der Waals surface area contributed by atoms with E-state index in [1.165, 1.54) is 30.6 Å². The van der Waals surface area contributed by atoms with Crippen LogP contribution in [0.3, 0.4) is 0 Å². The van der Waals surface area contributed by atoms with Crippen molar-refractivity contribution in [2.75, 3.05) is 46.3 Å². The molecule has 1 aromatic heterocycles. The molecule has 1 saturated carbocycles. The molecule has 0 N–H and O–H groups in total. The molecule has 6 heteroatoms. The van der Waals surface area contributed by atoms with Gasteiger partial charge in [-0.25, -0.2) is 4.98 Å². The lowest BCUT2D eigenvalue weighted by Gasteiger charge is -2.36. The third kappa shape index (κ3) is 3.15. The molecule has 2 aromatic rings. The Balaban J connectivity index is 1.36. The molecule has 0 radical (unpaired) electrons. The van der Waals surface area contributed by atoms with Crippen LogP contribution in [-0.2, 0) is 13.0 Å². The molecule has 27 heavy (non-hydrogen) atoms. The number of nitrogens with zero attached hydrogens (tertiary/aromatic N) is 5. The van der Waals surface area contributed by atoms with Gasteiger partial charge in [-0.05, 0) is 38.1 Å². The average Bonchev–Trinajstić information content (AvgIpc) is 2.86. The third-order valence-corrected chi connectivity index (χ3v) is 6.69. The van der Waals surface area contributed by atoms with E-state index >= 15 is 0 Å². The predicted molar refractivity (Wildman–Crippen MR) is 106 cm³/mol. The number of benzene rings is 1. The molecular formula is C21H29N5O. The topological polar surface area (TPSA) is 44.6 Å². The van der Waals surface area contributed by atoms with E-state index in [0.717, 1.165) is 69.4 Å². The number of piperazine rings is 1. The molecule has 144 valence electrons. The van der Waals surface area contributed by atoms with Gasteiger partial charge in [0.15, 0.2) is 0 Å².